The minimum atomic E-state index is -0.865. The predicted molar refractivity (Wildman–Crippen MR) is 89.1 cm³/mol. The van der Waals surface area contributed by atoms with Gasteiger partial charge in [0.25, 0.3) is 11.5 Å². The Balaban J connectivity index is 2.08. The Bertz CT molecular complexity index is 874. The van der Waals surface area contributed by atoms with Crippen LogP contribution < -0.4 is 16.2 Å². The summed E-state index contributed by atoms with van der Waals surface area (Å²) in [5, 5.41) is 9.04. The first-order valence-electron chi connectivity index (χ1n) is 7.65. The van der Waals surface area contributed by atoms with Crippen molar-refractivity contribution in [3.05, 3.63) is 40.3 Å². The average Bonchev–Trinajstić information content (AvgIpc) is 2.61. The van der Waals surface area contributed by atoms with Gasteiger partial charge in [0.2, 0.25) is 0 Å². The molecule has 0 bridgehead atoms. The second kappa shape index (κ2) is 8.04. The summed E-state index contributed by atoms with van der Waals surface area (Å²) in [6, 6.07) is 5.81. The topological polar surface area (TPSA) is 119 Å². The number of imide groups is 1. The maximum Gasteiger partial charge on any atom is 0.359 e. The maximum absolute atomic E-state index is 12.2. The normalized spacial score (nSPS) is 10.3. The van der Waals surface area contributed by atoms with Crippen LogP contribution in [0.3, 0.4) is 0 Å². The molecule has 132 valence electrons. The molecule has 2 N–H and O–H groups in total. The van der Waals surface area contributed by atoms with E-state index in [2.05, 4.69) is 10.4 Å². The minimum absolute atomic E-state index is 0.0825. The number of rotatable bonds is 5. The highest BCUT2D eigenvalue weighted by Gasteiger charge is 2.18. The van der Waals surface area contributed by atoms with E-state index in [9.17, 15) is 19.2 Å². The summed E-state index contributed by atoms with van der Waals surface area (Å²) < 4.78 is 5.91. The highest BCUT2D eigenvalue weighted by molar-refractivity contribution is 6.03. The van der Waals surface area contributed by atoms with Crippen LogP contribution in [0.2, 0.25) is 0 Å². The predicted octanol–water partition coefficient (Wildman–Crippen LogP) is 0.326. The Kier molecular flexibility index (Phi) is 5.83. The number of hydrogen-bond acceptors (Lipinski definition) is 6. The standard InChI is InChI=1S/C16H18N4O5/c1-3-8-17-16(24)18-12(21)9-25-15(23)13-10-6-4-5-7-11(10)14(22)20(2)19-13/h4-7H,3,8-9H2,1-2H3,(H2,17,18,21,24). The van der Waals surface area contributed by atoms with Crippen LogP contribution in [0.1, 0.15) is 23.8 Å². The van der Waals surface area contributed by atoms with Crippen molar-refractivity contribution >= 4 is 28.7 Å². The Morgan fingerprint density at radius 3 is 2.56 bits per heavy atom. The van der Waals surface area contributed by atoms with Crippen molar-refractivity contribution in [2.24, 2.45) is 7.05 Å². The highest BCUT2D eigenvalue weighted by atomic mass is 16.5. The summed E-state index contributed by atoms with van der Waals surface area (Å²) in [6.07, 6.45) is 0.724. The molecule has 2 rings (SSSR count). The average molecular weight is 346 g/mol. The van der Waals surface area contributed by atoms with Gasteiger partial charge in [0, 0.05) is 19.0 Å². The summed E-state index contributed by atoms with van der Waals surface area (Å²) in [5.41, 5.74) is -0.432. The lowest BCUT2D eigenvalue weighted by atomic mass is 10.1. The molecule has 1 aromatic heterocycles. The molecule has 0 fully saturated rings. The SMILES string of the molecule is CCCNC(=O)NC(=O)COC(=O)c1nn(C)c(=O)c2ccccc12. The Morgan fingerprint density at radius 1 is 1.20 bits per heavy atom. The van der Waals surface area contributed by atoms with Gasteiger partial charge in [0.05, 0.1) is 5.39 Å². The third-order valence-electron chi connectivity index (χ3n) is 3.27. The second-order valence-corrected chi connectivity index (χ2v) is 5.20. The molecule has 0 aliphatic rings. The van der Waals surface area contributed by atoms with Crippen molar-refractivity contribution in [2.45, 2.75) is 13.3 Å². The van der Waals surface area contributed by atoms with E-state index in [-0.39, 0.29) is 11.3 Å². The van der Waals surface area contributed by atoms with Crippen molar-refractivity contribution in [1.29, 1.82) is 0 Å². The van der Waals surface area contributed by atoms with E-state index >= 15 is 0 Å². The van der Waals surface area contributed by atoms with Crippen LogP contribution in [0.15, 0.2) is 29.1 Å². The van der Waals surface area contributed by atoms with Crippen LogP contribution in [0.4, 0.5) is 4.79 Å². The summed E-state index contributed by atoms with van der Waals surface area (Å²) in [5.74, 6) is -1.63. The Hall–Kier alpha value is -3.23. The van der Waals surface area contributed by atoms with Gasteiger partial charge in [-0.05, 0) is 12.5 Å². The van der Waals surface area contributed by atoms with Gasteiger partial charge in [-0.2, -0.15) is 5.10 Å². The molecule has 0 radical (unpaired) electrons. The van der Waals surface area contributed by atoms with Gasteiger partial charge in [-0.1, -0.05) is 25.1 Å². The van der Waals surface area contributed by atoms with Gasteiger partial charge >= 0.3 is 12.0 Å². The molecule has 9 nitrogen and oxygen atoms in total. The van der Waals surface area contributed by atoms with Crippen molar-refractivity contribution in [1.82, 2.24) is 20.4 Å². The molecule has 0 aliphatic carbocycles. The fraction of sp³-hybridized carbons (Fsp3) is 0.312. The lowest BCUT2D eigenvalue weighted by molar-refractivity contribution is -0.123. The fourth-order valence-electron chi connectivity index (χ4n) is 2.10. The molecule has 1 aromatic carbocycles. The smallest absolute Gasteiger partial charge is 0.359 e. The quantitative estimate of drug-likeness (QED) is 0.753. The van der Waals surface area contributed by atoms with Gasteiger partial charge in [-0.3, -0.25) is 14.9 Å². The maximum atomic E-state index is 12.2. The van der Waals surface area contributed by atoms with Gasteiger partial charge in [-0.15, -0.1) is 0 Å². The van der Waals surface area contributed by atoms with Crippen molar-refractivity contribution in [3.63, 3.8) is 0 Å². The van der Waals surface area contributed by atoms with Crippen LogP contribution in [0.5, 0.6) is 0 Å². The van der Waals surface area contributed by atoms with Gasteiger partial charge in [0.1, 0.15) is 0 Å². The number of urea groups is 1. The van der Waals surface area contributed by atoms with Crippen molar-refractivity contribution < 1.29 is 19.1 Å². The van der Waals surface area contributed by atoms with E-state index in [0.29, 0.717) is 17.3 Å². The summed E-state index contributed by atoms with van der Waals surface area (Å²) in [7, 11) is 1.41. The molecule has 2 aromatic rings. The summed E-state index contributed by atoms with van der Waals surface area (Å²) in [6.45, 7) is 1.65. The molecule has 9 heteroatoms. The molecule has 0 spiro atoms. The first-order valence-corrected chi connectivity index (χ1v) is 7.65. The van der Waals surface area contributed by atoms with Crippen molar-refractivity contribution in [3.8, 4) is 0 Å². The number of amides is 3. The molecule has 25 heavy (non-hydrogen) atoms. The van der Waals surface area contributed by atoms with E-state index in [0.717, 1.165) is 11.1 Å². The number of nitrogens with one attached hydrogen (secondary N) is 2. The van der Waals surface area contributed by atoms with Gasteiger partial charge < -0.3 is 10.1 Å². The Morgan fingerprint density at radius 2 is 1.88 bits per heavy atom. The molecular weight excluding hydrogens is 328 g/mol. The monoisotopic (exact) mass is 346 g/mol. The van der Waals surface area contributed by atoms with E-state index < -0.39 is 24.5 Å². The van der Waals surface area contributed by atoms with Crippen molar-refractivity contribution in [2.75, 3.05) is 13.2 Å². The third-order valence-corrected chi connectivity index (χ3v) is 3.27. The largest absolute Gasteiger partial charge is 0.451 e. The molecule has 0 saturated carbocycles. The van der Waals surface area contributed by atoms with Gasteiger partial charge in [-0.25, -0.2) is 14.3 Å². The number of ether oxygens (including phenoxy) is 1. The number of hydrogen-bond donors (Lipinski definition) is 2. The lowest BCUT2D eigenvalue weighted by Gasteiger charge is -2.09. The zero-order valence-electron chi connectivity index (χ0n) is 13.9. The lowest BCUT2D eigenvalue weighted by Crippen LogP contribution is -2.41. The number of nitrogens with zero attached hydrogens (tertiary/aromatic N) is 2. The van der Waals surface area contributed by atoms with Crippen LogP contribution in [0, 0.1) is 0 Å². The number of carbonyl (C=O) groups excluding carboxylic acids is 3. The summed E-state index contributed by atoms with van der Waals surface area (Å²) >= 11 is 0. The van der Waals surface area contributed by atoms with E-state index in [1.165, 1.54) is 7.05 Å². The van der Waals surface area contributed by atoms with Crippen LogP contribution in [-0.2, 0) is 16.6 Å². The number of aryl methyl sites for hydroxylation is 1. The second-order valence-electron chi connectivity index (χ2n) is 5.20. The fourth-order valence-corrected chi connectivity index (χ4v) is 2.10. The third kappa shape index (κ3) is 4.40. The first kappa shape index (κ1) is 18.1. The minimum Gasteiger partial charge on any atom is -0.451 e. The molecule has 0 unspecified atom stereocenters. The zero-order chi connectivity index (χ0) is 18.4. The van der Waals surface area contributed by atoms with Crippen LogP contribution in [0.25, 0.3) is 10.8 Å². The van der Waals surface area contributed by atoms with Gasteiger partial charge in [0.15, 0.2) is 12.3 Å². The molecule has 3 amide bonds. The number of aromatic nitrogens is 2. The van der Waals surface area contributed by atoms with E-state index in [4.69, 9.17) is 4.74 Å². The van der Waals surface area contributed by atoms with Crippen LogP contribution in [-0.4, -0.2) is 40.8 Å². The molecular formula is C16H18N4O5. The van der Waals surface area contributed by atoms with Crippen LogP contribution >= 0.6 is 0 Å². The molecule has 0 saturated heterocycles. The molecule has 0 aliphatic heterocycles. The zero-order valence-corrected chi connectivity index (χ0v) is 13.9. The number of benzene rings is 1. The number of carbonyl (C=O) groups is 3. The number of fused-ring (bicyclic) bond motifs is 1. The molecule has 0 atom stereocenters. The number of esters is 1. The van der Waals surface area contributed by atoms with E-state index in [1.54, 1.807) is 24.3 Å². The van der Waals surface area contributed by atoms with E-state index in [1.807, 2.05) is 12.2 Å². The summed E-state index contributed by atoms with van der Waals surface area (Å²) in [4.78, 5) is 47.2. The highest BCUT2D eigenvalue weighted by Crippen LogP contribution is 2.13. The first-order chi connectivity index (χ1) is 11.9. The Labute approximate surface area is 143 Å². The molecule has 1 heterocycles.